The number of fused-ring (bicyclic) bond motifs is 1. The first kappa shape index (κ1) is 13.1. The van der Waals surface area contributed by atoms with Gasteiger partial charge in [-0.3, -0.25) is 4.79 Å². The summed E-state index contributed by atoms with van der Waals surface area (Å²) in [6.07, 6.45) is 0.860. The van der Waals surface area contributed by atoms with Crippen molar-refractivity contribution in [2.75, 3.05) is 0 Å². The molecule has 0 fully saturated rings. The van der Waals surface area contributed by atoms with Crippen LogP contribution in [0.25, 0.3) is 11.0 Å². The molecule has 0 radical (unpaired) electrons. The van der Waals surface area contributed by atoms with Crippen molar-refractivity contribution >= 4 is 28.4 Å². The molecule has 96 valence electrons. The van der Waals surface area contributed by atoms with Gasteiger partial charge in [-0.2, -0.15) is 0 Å². The Balaban J connectivity index is 2.33. The molecule has 2 aromatic rings. The summed E-state index contributed by atoms with van der Waals surface area (Å²) in [5.74, 6) is 0.283. The average Bonchev–Trinajstić information content (AvgIpc) is 2.78. The number of furan rings is 1. The predicted molar refractivity (Wildman–Crippen MR) is 73.0 cm³/mol. The highest BCUT2D eigenvalue weighted by molar-refractivity contribution is 6.31. The fourth-order valence-electron chi connectivity index (χ4n) is 1.81. The van der Waals surface area contributed by atoms with Crippen molar-refractivity contribution in [1.29, 1.82) is 0 Å². The average molecular weight is 266 g/mol. The quantitative estimate of drug-likeness (QED) is 0.859. The van der Waals surface area contributed by atoms with Gasteiger partial charge < -0.3 is 10.2 Å². The molecular weight excluding hydrogens is 250 g/mol. The number of rotatable bonds is 4. The van der Waals surface area contributed by atoms with Gasteiger partial charge in [-0.25, -0.2) is 0 Å². The largest absolute Gasteiger partial charge is 0.453 e. The minimum atomic E-state index is -0.522. The van der Waals surface area contributed by atoms with Crippen LogP contribution in [-0.2, 0) is 0 Å². The van der Waals surface area contributed by atoms with Crippen LogP contribution in [0.5, 0.6) is 0 Å². The van der Waals surface area contributed by atoms with E-state index in [1.54, 1.807) is 24.3 Å². The zero-order valence-corrected chi connectivity index (χ0v) is 11.2. The van der Waals surface area contributed by atoms with Gasteiger partial charge in [-0.1, -0.05) is 31.9 Å². The molecule has 18 heavy (non-hydrogen) atoms. The van der Waals surface area contributed by atoms with E-state index < -0.39 is 6.04 Å². The summed E-state index contributed by atoms with van der Waals surface area (Å²) in [7, 11) is 0. The lowest BCUT2D eigenvalue weighted by molar-refractivity contribution is 0.0909. The third-order valence-electron chi connectivity index (χ3n) is 3.28. The minimum absolute atomic E-state index is 0.134. The summed E-state index contributed by atoms with van der Waals surface area (Å²) in [6, 6.07) is 6.43. The second kappa shape index (κ2) is 5.12. The van der Waals surface area contributed by atoms with Crippen LogP contribution in [0.2, 0.25) is 5.02 Å². The van der Waals surface area contributed by atoms with Crippen LogP contribution in [0.1, 0.15) is 30.8 Å². The highest BCUT2D eigenvalue weighted by Crippen LogP contribution is 2.24. The first-order valence-corrected chi connectivity index (χ1v) is 6.39. The second-order valence-electron chi connectivity index (χ2n) is 4.57. The van der Waals surface area contributed by atoms with Crippen LogP contribution in [0.3, 0.4) is 0 Å². The minimum Gasteiger partial charge on any atom is -0.453 e. The third kappa shape index (κ3) is 2.42. The number of nitrogens with two attached hydrogens (primary N) is 1. The maximum absolute atomic E-state index is 12.1. The standard InChI is InChI=1S/C14H16ClNO2/c1-3-8(2)13(16)14(17)12-7-9-6-10(15)4-5-11(9)18-12/h4-8,13H,3,16H2,1-2H3. The molecule has 1 aromatic heterocycles. The molecule has 2 atom stereocenters. The van der Waals surface area contributed by atoms with E-state index >= 15 is 0 Å². The molecule has 0 aliphatic heterocycles. The Morgan fingerprint density at radius 1 is 1.44 bits per heavy atom. The summed E-state index contributed by atoms with van der Waals surface area (Å²) in [6.45, 7) is 3.97. The van der Waals surface area contributed by atoms with Crippen LogP contribution in [-0.4, -0.2) is 11.8 Å². The van der Waals surface area contributed by atoms with E-state index in [4.69, 9.17) is 21.8 Å². The molecule has 2 unspecified atom stereocenters. The van der Waals surface area contributed by atoms with Crippen molar-refractivity contribution < 1.29 is 9.21 Å². The Bertz CT molecular complexity index is 576. The first-order valence-electron chi connectivity index (χ1n) is 6.01. The molecule has 2 N–H and O–H groups in total. The monoisotopic (exact) mass is 265 g/mol. The van der Waals surface area contributed by atoms with Gasteiger partial charge in [0, 0.05) is 10.4 Å². The molecule has 0 aliphatic rings. The van der Waals surface area contributed by atoms with Crippen molar-refractivity contribution in [2.45, 2.75) is 26.3 Å². The van der Waals surface area contributed by atoms with Crippen LogP contribution >= 0.6 is 11.6 Å². The second-order valence-corrected chi connectivity index (χ2v) is 5.00. The number of hydrogen-bond donors (Lipinski definition) is 1. The van der Waals surface area contributed by atoms with Crippen LogP contribution in [0, 0.1) is 5.92 Å². The molecule has 0 saturated heterocycles. The molecule has 0 spiro atoms. The van der Waals surface area contributed by atoms with Gasteiger partial charge in [-0.15, -0.1) is 0 Å². The van der Waals surface area contributed by atoms with E-state index in [9.17, 15) is 4.79 Å². The molecule has 0 saturated carbocycles. The SMILES string of the molecule is CCC(C)C(N)C(=O)c1cc2cc(Cl)ccc2o1. The third-order valence-corrected chi connectivity index (χ3v) is 3.52. The summed E-state index contributed by atoms with van der Waals surface area (Å²) in [5.41, 5.74) is 6.57. The molecule has 1 aromatic carbocycles. The van der Waals surface area contributed by atoms with Gasteiger partial charge in [-0.05, 0) is 30.2 Å². The summed E-state index contributed by atoms with van der Waals surface area (Å²) in [5, 5.41) is 1.44. The summed E-state index contributed by atoms with van der Waals surface area (Å²) >= 11 is 5.89. The van der Waals surface area contributed by atoms with Crippen LogP contribution in [0.4, 0.5) is 0 Å². The Labute approximate surface area is 111 Å². The maximum atomic E-state index is 12.1. The van der Waals surface area contributed by atoms with Gasteiger partial charge in [0.25, 0.3) is 0 Å². The van der Waals surface area contributed by atoms with E-state index in [0.29, 0.717) is 16.4 Å². The molecule has 3 nitrogen and oxygen atoms in total. The van der Waals surface area contributed by atoms with Crippen molar-refractivity contribution in [1.82, 2.24) is 0 Å². The van der Waals surface area contributed by atoms with E-state index in [-0.39, 0.29) is 11.7 Å². The van der Waals surface area contributed by atoms with E-state index in [1.807, 2.05) is 13.8 Å². The molecular formula is C14H16ClNO2. The van der Waals surface area contributed by atoms with Crippen molar-refractivity contribution in [3.8, 4) is 0 Å². The lowest BCUT2D eigenvalue weighted by atomic mass is 9.95. The van der Waals surface area contributed by atoms with Gasteiger partial charge in [0.2, 0.25) is 5.78 Å². The predicted octanol–water partition coefficient (Wildman–Crippen LogP) is 3.64. The van der Waals surface area contributed by atoms with Gasteiger partial charge in [0.1, 0.15) is 5.58 Å². The first-order chi connectivity index (χ1) is 8.52. The molecule has 2 rings (SSSR count). The van der Waals surface area contributed by atoms with Crippen molar-refractivity contribution in [3.63, 3.8) is 0 Å². The van der Waals surface area contributed by atoms with Crippen LogP contribution in [0.15, 0.2) is 28.7 Å². The fourth-order valence-corrected chi connectivity index (χ4v) is 1.99. The number of carbonyl (C=O) groups excluding carboxylic acids is 1. The Morgan fingerprint density at radius 2 is 2.17 bits per heavy atom. The Hall–Kier alpha value is -1.32. The lowest BCUT2D eigenvalue weighted by Gasteiger charge is -2.15. The highest BCUT2D eigenvalue weighted by Gasteiger charge is 2.23. The number of Topliss-reactive ketones (excluding diaryl/α,β-unsaturated/α-hetero) is 1. The highest BCUT2D eigenvalue weighted by atomic mass is 35.5. The fraction of sp³-hybridized carbons (Fsp3) is 0.357. The number of carbonyl (C=O) groups is 1. The Kier molecular flexibility index (Phi) is 3.73. The normalized spacial score (nSPS) is 14.7. The number of ketones is 1. The lowest BCUT2D eigenvalue weighted by Crippen LogP contribution is -2.36. The van der Waals surface area contributed by atoms with Crippen molar-refractivity contribution in [2.24, 2.45) is 11.7 Å². The van der Waals surface area contributed by atoms with E-state index in [1.165, 1.54) is 0 Å². The maximum Gasteiger partial charge on any atom is 0.214 e. The smallest absolute Gasteiger partial charge is 0.214 e. The summed E-state index contributed by atoms with van der Waals surface area (Å²) in [4.78, 5) is 12.1. The number of hydrogen-bond acceptors (Lipinski definition) is 3. The molecule has 1 heterocycles. The van der Waals surface area contributed by atoms with Gasteiger partial charge >= 0.3 is 0 Å². The zero-order valence-electron chi connectivity index (χ0n) is 10.4. The van der Waals surface area contributed by atoms with Gasteiger partial charge in [0.05, 0.1) is 6.04 Å². The molecule has 0 aliphatic carbocycles. The van der Waals surface area contributed by atoms with Crippen molar-refractivity contribution in [3.05, 3.63) is 35.0 Å². The molecule has 0 amide bonds. The molecule has 0 bridgehead atoms. The topological polar surface area (TPSA) is 56.2 Å². The number of halogens is 1. The van der Waals surface area contributed by atoms with E-state index in [2.05, 4.69) is 0 Å². The van der Waals surface area contributed by atoms with E-state index in [0.717, 1.165) is 11.8 Å². The number of benzene rings is 1. The van der Waals surface area contributed by atoms with Gasteiger partial charge in [0.15, 0.2) is 5.76 Å². The summed E-state index contributed by atoms with van der Waals surface area (Å²) < 4.78 is 5.51. The Morgan fingerprint density at radius 3 is 2.83 bits per heavy atom. The zero-order chi connectivity index (χ0) is 13.3. The van der Waals surface area contributed by atoms with Crippen LogP contribution < -0.4 is 5.73 Å². The molecule has 4 heteroatoms.